The summed E-state index contributed by atoms with van der Waals surface area (Å²) in [5, 5.41) is 4.98. The van der Waals surface area contributed by atoms with E-state index in [-0.39, 0.29) is 0 Å². The summed E-state index contributed by atoms with van der Waals surface area (Å²) in [7, 11) is 0. The van der Waals surface area contributed by atoms with Crippen molar-refractivity contribution < 1.29 is 4.79 Å². The van der Waals surface area contributed by atoms with Gasteiger partial charge in [0.2, 0.25) is 5.91 Å². The highest BCUT2D eigenvalue weighted by atomic mass is 32.1. The number of benzene rings is 1. The standard InChI is InChI=1S/C36H46N4OS/c1-23-17-24(2)19-28(18-23)33-32(25(3)21-38-16-13-26-11-14-37-15-12-26)29-20-31(42-34(29)39-33)36(4,5)35(41)40-22-27-9-7-6-8-10-30(27)40/h11-12,14-15,17-20,25,27,30,38-39H,6-10,13,16,21-22H2,1-5H3/t25-,27?,30?/m0/s1. The zero-order valence-electron chi connectivity index (χ0n) is 25.9. The second kappa shape index (κ2) is 12.0. The Morgan fingerprint density at radius 1 is 1.10 bits per heavy atom. The minimum absolute atomic E-state index is 0.301. The van der Waals surface area contributed by atoms with Gasteiger partial charge in [-0.05, 0) is 112 Å². The van der Waals surface area contributed by atoms with E-state index in [0.29, 0.717) is 23.8 Å². The third kappa shape index (κ3) is 5.68. The van der Waals surface area contributed by atoms with Gasteiger partial charge in [0.05, 0.1) is 11.1 Å². The first kappa shape index (κ1) is 29.1. The fourth-order valence-corrected chi connectivity index (χ4v) is 8.48. The lowest BCUT2D eigenvalue weighted by atomic mass is 9.80. The number of likely N-dealkylation sites (tertiary alicyclic amines) is 1. The Labute approximate surface area is 255 Å². The molecule has 1 aliphatic heterocycles. The Balaban J connectivity index is 1.28. The van der Waals surface area contributed by atoms with Crippen LogP contribution in [-0.2, 0) is 16.6 Å². The molecular formula is C36H46N4OS. The predicted octanol–water partition coefficient (Wildman–Crippen LogP) is 7.91. The largest absolute Gasteiger partial charge is 0.346 e. The number of nitrogens with one attached hydrogen (secondary N) is 2. The minimum Gasteiger partial charge on any atom is -0.346 e. The summed E-state index contributed by atoms with van der Waals surface area (Å²) in [5.74, 6) is 1.32. The molecule has 5 nitrogen and oxygen atoms in total. The summed E-state index contributed by atoms with van der Waals surface area (Å²) in [6, 6.07) is 13.8. The van der Waals surface area contributed by atoms with Crippen LogP contribution in [0.25, 0.3) is 21.5 Å². The first-order chi connectivity index (χ1) is 20.2. The van der Waals surface area contributed by atoms with Gasteiger partial charge in [0.15, 0.2) is 0 Å². The topological polar surface area (TPSA) is 61.0 Å². The second-order valence-corrected chi connectivity index (χ2v) is 14.5. The molecule has 0 bridgehead atoms. The van der Waals surface area contributed by atoms with E-state index in [4.69, 9.17) is 0 Å². The van der Waals surface area contributed by atoms with Gasteiger partial charge in [0.1, 0.15) is 4.83 Å². The maximum Gasteiger partial charge on any atom is 0.233 e. The Bertz CT molecular complexity index is 1530. The molecule has 0 spiro atoms. The van der Waals surface area contributed by atoms with E-state index in [1.54, 1.807) is 11.3 Å². The molecule has 0 radical (unpaired) electrons. The van der Waals surface area contributed by atoms with Gasteiger partial charge in [-0.15, -0.1) is 11.3 Å². The molecule has 3 atom stereocenters. The molecule has 6 heteroatoms. The van der Waals surface area contributed by atoms with E-state index >= 15 is 0 Å². The van der Waals surface area contributed by atoms with Crippen LogP contribution in [0.1, 0.15) is 85.9 Å². The van der Waals surface area contributed by atoms with Crippen LogP contribution >= 0.6 is 11.3 Å². The number of aromatic amines is 1. The third-order valence-corrected chi connectivity index (χ3v) is 11.1. The van der Waals surface area contributed by atoms with Crippen molar-refractivity contribution in [3.05, 3.63) is 75.9 Å². The van der Waals surface area contributed by atoms with Crippen molar-refractivity contribution in [3.63, 3.8) is 0 Å². The molecule has 4 aromatic rings. The van der Waals surface area contributed by atoms with Crippen LogP contribution in [0.5, 0.6) is 0 Å². The van der Waals surface area contributed by atoms with Crippen molar-refractivity contribution >= 4 is 27.5 Å². The Kier molecular flexibility index (Phi) is 8.30. The van der Waals surface area contributed by atoms with Crippen molar-refractivity contribution in [1.82, 2.24) is 20.2 Å². The fraction of sp³-hybridized carbons (Fsp3) is 0.500. The lowest BCUT2D eigenvalue weighted by Crippen LogP contribution is -2.61. The number of carbonyl (C=O) groups is 1. The molecule has 4 heterocycles. The van der Waals surface area contributed by atoms with Gasteiger partial charge in [-0.25, -0.2) is 0 Å². The molecule has 222 valence electrons. The summed E-state index contributed by atoms with van der Waals surface area (Å²) in [6.45, 7) is 13.7. The van der Waals surface area contributed by atoms with Gasteiger partial charge in [0.25, 0.3) is 0 Å². The fourth-order valence-electron chi connectivity index (χ4n) is 7.30. The number of hydrogen-bond acceptors (Lipinski definition) is 4. The highest BCUT2D eigenvalue weighted by Gasteiger charge is 2.47. The number of pyridine rings is 1. The number of aryl methyl sites for hydroxylation is 2. The lowest BCUT2D eigenvalue weighted by Gasteiger charge is -2.50. The SMILES string of the molecule is Cc1cc(C)cc(-c2[nH]c3sc(C(C)(C)C(=O)N4CC5CCCCCC54)cc3c2[C@@H](C)CNCCc2ccncc2)c1. The molecule has 1 amide bonds. The normalized spacial score (nSPS) is 19.8. The van der Waals surface area contributed by atoms with E-state index in [1.165, 1.54) is 75.8 Å². The highest BCUT2D eigenvalue weighted by molar-refractivity contribution is 7.19. The van der Waals surface area contributed by atoms with Crippen molar-refractivity contribution in [1.29, 1.82) is 0 Å². The summed E-state index contributed by atoms with van der Waals surface area (Å²) in [4.78, 5) is 26.5. The maximum atomic E-state index is 14.0. The minimum atomic E-state index is -0.537. The smallest absolute Gasteiger partial charge is 0.233 e. The van der Waals surface area contributed by atoms with Gasteiger partial charge in [-0.3, -0.25) is 9.78 Å². The van der Waals surface area contributed by atoms with Crippen LogP contribution in [0.4, 0.5) is 0 Å². The number of hydrogen-bond donors (Lipinski definition) is 2. The summed E-state index contributed by atoms with van der Waals surface area (Å²) < 4.78 is 0. The zero-order chi connectivity index (χ0) is 29.4. The summed E-state index contributed by atoms with van der Waals surface area (Å²) >= 11 is 1.77. The number of H-pyrrole nitrogens is 1. The monoisotopic (exact) mass is 582 g/mol. The number of carbonyl (C=O) groups excluding carboxylic acids is 1. The molecule has 1 saturated carbocycles. The molecule has 42 heavy (non-hydrogen) atoms. The van der Waals surface area contributed by atoms with E-state index < -0.39 is 5.41 Å². The van der Waals surface area contributed by atoms with Gasteiger partial charge >= 0.3 is 0 Å². The average molecular weight is 583 g/mol. The average Bonchev–Trinajstić information content (AvgIpc) is 3.47. The molecule has 2 aliphatic rings. The third-order valence-electron chi connectivity index (χ3n) is 9.69. The number of aromatic nitrogens is 2. The van der Waals surface area contributed by atoms with Crippen LogP contribution in [0, 0.1) is 19.8 Å². The number of amides is 1. The van der Waals surface area contributed by atoms with Gasteiger partial charge in [-0.1, -0.05) is 43.4 Å². The van der Waals surface area contributed by atoms with Crippen molar-refractivity contribution in [2.24, 2.45) is 5.92 Å². The van der Waals surface area contributed by atoms with E-state index in [0.717, 1.165) is 30.9 Å². The van der Waals surface area contributed by atoms with Crippen LogP contribution in [0.3, 0.4) is 0 Å². The first-order valence-electron chi connectivity index (χ1n) is 15.9. The number of nitrogens with zero attached hydrogens (tertiary/aromatic N) is 2. The van der Waals surface area contributed by atoms with Crippen LogP contribution < -0.4 is 5.32 Å². The number of fused-ring (bicyclic) bond motifs is 2. The van der Waals surface area contributed by atoms with E-state index in [9.17, 15) is 4.79 Å². The Morgan fingerprint density at radius 3 is 2.60 bits per heavy atom. The van der Waals surface area contributed by atoms with Crippen LogP contribution in [0.15, 0.2) is 48.8 Å². The molecule has 2 N–H and O–H groups in total. The lowest BCUT2D eigenvalue weighted by molar-refractivity contribution is -0.149. The van der Waals surface area contributed by atoms with Crippen molar-refractivity contribution in [2.45, 2.75) is 90.5 Å². The second-order valence-electron chi connectivity index (χ2n) is 13.4. The van der Waals surface area contributed by atoms with E-state index in [1.807, 2.05) is 12.4 Å². The van der Waals surface area contributed by atoms with Crippen LogP contribution in [-0.4, -0.2) is 46.5 Å². The van der Waals surface area contributed by atoms with Crippen LogP contribution in [0.2, 0.25) is 0 Å². The van der Waals surface area contributed by atoms with Gasteiger partial charge in [-0.2, -0.15) is 0 Å². The Morgan fingerprint density at radius 2 is 1.83 bits per heavy atom. The maximum absolute atomic E-state index is 14.0. The predicted molar refractivity (Wildman–Crippen MR) is 175 cm³/mol. The Hall–Kier alpha value is -2.96. The molecule has 2 fully saturated rings. The zero-order valence-corrected chi connectivity index (χ0v) is 26.7. The van der Waals surface area contributed by atoms with E-state index in [2.05, 4.69) is 91.2 Å². The quantitative estimate of drug-likeness (QED) is 0.197. The molecule has 2 unspecified atom stereocenters. The number of thiophene rings is 1. The van der Waals surface area contributed by atoms with Gasteiger partial charge < -0.3 is 15.2 Å². The first-order valence-corrected chi connectivity index (χ1v) is 16.7. The molecule has 1 aromatic carbocycles. The summed E-state index contributed by atoms with van der Waals surface area (Å²) in [6.07, 6.45) is 11.1. The highest BCUT2D eigenvalue weighted by Crippen LogP contribution is 2.45. The van der Waals surface area contributed by atoms with Crippen molar-refractivity contribution in [3.8, 4) is 11.3 Å². The van der Waals surface area contributed by atoms with Crippen molar-refractivity contribution in [2.75, 3.05) is 19.6 Å². The van der Waals surface area contributed by atoms with Gasteiger partial charge in [0, 0.05) is 41.8 Å². The molecule has 3 aromatic heterocycles. The number of rotatable bonds is 9. The summed E-state index contributed by atoms with van der Waals surface area (Å²) in [5.41, 5.74) is 7.12. The molecule has 6 rings (SSSR count). The molecular weight excluding hydrogens is 536 g/mol. The molecule has 1 saturated heterocycles. The molecule has 1 aliphatic carbocycles.